The number of nitrogens with zero attached hydrogens (tertiary/aromatic N) is 1. The second kappa shape index (κ2) is 11.1. The molecule has 1 atom stereocenters. The third kappa shape index (κ3) is 5.76. The van der Waals surface area contributed by atoms with Gasteiger partial charge in [0.1, 0.15) is 11.5 Å². The van der Waals surface area contributed by atoms with Crippen LogP contribution in [0.3, 0.4) is 0 Å². The van der Waals surface area contributed by atoms with Gasteiger partial charge in [-0.15, -0.1) is 0 Å². The summed E-state index contributed by atoms with van der Waals surface area (Å²) in [5.41, 5.74) is 2.90. The molecular formula is C29H36ClNO5. The van der Waals surface area contributed by atoms with Crippen molar-refractivity contribution in [3.05, 3.63) is 69.2 Å². The van der Waals surface area contributed by atoms with Gasteiger partial charge in [0.15, 0.2) is 0 Å². The first-order valence-electron chi connectivity index (χ1n) is 12.2. The van der Waals surface area contributed by atoms with Crippen molar-refractivity contribution < 1.29 is 24.2 Å². The Kier molecular flexibility index (Phi) is 8.52. The first-order valence-corrected chi connectivity index (χ1v) is 12.6. The van der Waals surface area contributed by atoms with Crippen LogP contribution in [0.25, 0.3) is 5.76 Å². The summed E-state index contributed by atoms with van der Waals surface area (Å²) in [4.78, 5) is 28.1. The Labute approximate surface area is 218 Å². The monoisotopic (exact) mass is 513 g/mol. The average Bonchev–Trinajstić information content (AvgIpc) is 3.05. The number of aliphatic hydroxyl groups is 1. The van der Waals surface area contributed by atoms with E-state index in [1.165, 1.54) is 12.0 Å². The van der Waals surface area contributed by atoms with Crippen molar-refractivity contribution in [3.8, 4) is 5.75 Å². The lowest BCUT2D eigenvalue weighted by molar-refractivity contribution is -0.140. The van der Waals surface area contributed by atoms with Gasteiger partial charge in [0.25, 0.3) is 11.7 Å². The van der Waals surface area contributed by atoms with Gasteiger partial charge in [0, 0.05) is 13.2 Å². The Morgan fingerprint density at radius 2 is 1.78 bits per heavy atom. The Morgan fingerprint density at radius 1 is 1.14 bits per heavy atom. The number of halogens is 1. The number of ketones is 1. The van der Waals surface area contributed by atoms with Crippen LogP contribution in [0, 0.1) is 6.92 Å². The number of hydrogen-bond donors (Lipinski definition) is 1. The minimum atomic E-state index is -0.748. The number of carbonyl (C=O) groups excluding carboxylic acids is 2. The van der Waals surface area contributed by atoms with Gasteiger partial charge in [-0.2, -0.15) is 0 Å². The molecule has 1 N–H and O–H groups in total. The average molecular weight is 514 g/mol. The quantitative estimate of drug-likeness (QED) is 0.197. The maximum absolute atomic E-state index is 13.3. The van der Waals surface area contributed by atoms with Crippen molar-refractivity contribution in [1.29, 1.82) is 0 Å². The number of aliphatic hydroxyl groups excluding tert-OH is 1. The van der Waals surface area contributed by atoms with E-state index in [0.29, 0.717) is 24.6 Å². The Bertz CT molecular complexity index is 1160. The summed E-state index contributed by atoms with van der Waals surface area (Å²) in [5.74, 6) is -1.44. The molecule has 0 aliphatic carbocycles. The normalized spacial score (nSPS) is 17.8. The molecule has 1 aliphatic heterocycles. The number of amides is 1. The van der Waals surface area contributed by atoms with Crippen molar-refractivity contribution in [1.82, 2.24) is 4.90 Å². The van der Waals surface area contributed by atoms with E-state index >= 15 is 0 Å². The molecule has 2 aromatic rings. The highest BCUT2D eigenvalue weighted by atomic mass is 35.5. The zero-order valence-corrected chi connectivity index (χ0v) is 22.9. The standard InChI is InChI=1S/C29H36ClNO5/c1-17(2)36-14-8-13-31-24(19-9-11-20(12-10-19)29(4,5)6)23(26(33)28(31)34)25(32)21-15-18(3)16-22(30)27(21)35-7/h9-12,15-17,24,32H,8,13-14H2,1-7H3/b25-23+. The van der Waals surface area contributed by atoms with Crippen molar-refractivity contribution in [2.75, 3.05) is 20.3 Å². The largest absolute Gasteiger partial charge is 0.507 e. The molecule has 7 heteroatoms. The molecule has 0 saturated carbocycles. The van der Waals surface area contributed by atoms with Crippen LogP contribution < -0.4 is 4.74 Å². The third-order valence-electron chi connectivity index (χ3n) is 6.27. The number of benzene rings is 2. The number of rotatable bonds is 8. The van der Waals surface area contributed by atoms with Crippen molar-refractivity contribution in [3.63, 3.8) is 0 Å². The van der Waals surface area contributed by atoms with Gasteiger partial charge in [-0.05, 0) is 61.4 Å². The molecule has 0 spiro atoms. The molecule has 0 radical (unpaired) electrons. The van der Waals surface area contributed by atoms with Gasteiger partial charge >= 0.3 is 0 Å². The molecule has 36 heavy (non-hydrogen) atoms. The van der Waals surface area contributed by atoms with Crippen molar-refractivity contribution >= 4 is 29.1 Å². The number of hydrogen-bond acceptors (Lipinski definition) is 5. The molecule has 1 heterocycles. The first-order chi connectivity index (χ1) is 16.9. The highest BCUT2D eigenvalue weighted by molar-refractivity contribution is 6.46. The van der Waals surface area contributed by atoms with Crippen LogP contribution >= 0.6 is 11.6 Å². The number of ether oxygens (including phenoxy) is 2. The molecule has 1 aliphatic rings. The molecule has 1 unspecified atom stereocenters. The highest BCUT2D eigenvalue weighted by Gasteiger charge is 2.46. The van der Waals surface area contributed by atoms with Gasteiger partial charge in [-0.3, -0.25) is 9.59 Å². The second-order valence-corrected chi connectivity index (χ2v) is 10.9. The van der Waals surface area contributed by atoms with Gasteiger partial charge in [-0.25, -0.2) is 0 Å². The van der Waals surface area contributed by atoms with E-state index in [9.17, 15) is 14.7 Å². The number of carbonyl (C=O) groups is 2. The number of likely N-dealkylation sites (tertiary alicyclic amines) is 1. The maximum atomic E-state index is 13.3. The second-order valence-electron chi connectivity index (χ2n) is 10.5. The summed E-state index contributed by atoms with van der Waals surface area (Å²) in [6.07, 6.45) is 0.626. The van der Waals surface area contributed by atoms with Crippen LogP contribution in [0.1, 0.15) is 69.3 Å². The SMILES string of the molecule is COc1c(Cl)cc(C)cc1/C(O)=C1\C(=O)C(=O)N(CCCOC(C)C)C1c1ccc(C(C)(C)C)cc1. The molecule has 1 saturated heterocycles. The maximum Gasteiger partial charge on any atom is 0.295 e. The molecule has 1 fully saturated rings. The first kappa shape index (κ1) is 27.8. The summed E-state index contributed by atoms with van der Waals surface area (Å²) in [7, 11) is 1.45. The van der Waals surface area contributed by atoms with E-state index < -0.39 is 17.7 Å². The fraction of sp³-hybridized carbons (Fsp3) is 0.448. The number of Topliss-reactive ketones (excluding diaryl/α,β-unsaturated/α-hetero) is 1. The van der Waals surface area contributed by atoms with E-state index in [4.69, 9.17) is 21.1 Å². The van der Waals surface area contributed by atoms with Crippen molar-refractivity contribution in [2.24, 2.45) is 0 Å². The van der Waals surface area contributed by atoms with Crippen LogP contribution in [-0.4, -0.2) is 48.1 Å². The van der Waals surface area contributed by atoms with E-state index in [1.807, 2.05) is 45.0 Å². The Balaban J connectivity index is 2.15. The summed E-state index contributed by atoms with van der Waals surface area (Å²) >= 11 is 6.37. The lowest BCUT2D eigenvalue weighted by atomic mass is 9.85. The zero-order chi connectivity index (χ0) is 26.8. The third-order valence-corrected chi connectivity index (χ3v) is 6.55. The molecule has 2 aromatic carbocycles. The van der Waals surface area contributed by atoms with Crippen LogP contribution in [0.2, 0.25) is 5.02 Å². The molecule has 3 rings (SSSR count). The minimum absolute atomic E-state index is 0.0215. The fourth-order valence-electron chi connectivity index (χ4n) is 4.43. The summed E-state index contributed by atoms with van der Waals surface area (Å²) in [6, 6.07) is 10.5. The van der Waals surface area contributed by atoms with Gasteiger partial charge in [-0.1, -0.05) is 56.6 Å². The van der Waals surface area contributed by atoms with Gasteiger partial charge in [0.2, 0.25) is 0 Å². The van der Waals surface area contributed by atoms with Crippen LogP contribution in [0.4, 0.5) is 0 Å². The summed E-state index contributed by atoms with van der Waals surface area (Å²) in [5, 5.41) is 11.8. The smallest absolute Gasteiger partial charge is 0.295 e. The Morgan fingerprint density at radius 3 is 2.33 bits per heavy atom. The summed E-state index contributed by atoms with van der Waals surface area (Å²) in [6.45, 7) is 12.9. The van der Waals surface area contributed by atoms with Crippen LogP contribution in [0.15, 0.2) is 42.0 Å². The molecule has 6 nitrogen and oxygen atoms in total. The van der Waals surface area contributed by atoms with Gasteiger partial charge < -0.3 is 19.5 Å². The van der Waals surface area contributed by atoms with E-state index in [-0.39, 0.29) is 34.2 Å². The Hall–Kier alpha value is -2.83. The molecule has 0 aromatic heterocycles. The summed E-state index contributed by atoms with van der Waals surface area (Å²) < 4.78 is 11.1. The number of methoxy groups -OCH3 is 1. The molecule has 194 valence electrons. The molecular weight excluding hydrogens is 478 g/mol. The van der Waals surface area contributed by atoms with Gasteiger partial charge in [0.05, 0.1) is 35.4 Å². The van der Waals surface area contributed by atoms with E-state index in [2.05, 4.69) is 20.8 Å². The van der Waals surface area contributed by atoms with Crippen molar-refractivity contribution in [2.45, 2.75) is 65.5 Å². The molecule has 1 amide bonds. The van der Waals surface area contributed by atoms with Crippen LogP contribution in [0.5, 0.6) is 5.75 Å². The topological polar surface area (TPSA) is 76.1 Å². The van der Waals surface area contributed by atoms with E-state index in [0.717, 1.165) is 16.7 Å². The highest BCUT2D eigenvalue weighted by Crippen LogP contribution is 2.43. The predicted octanol–water partition coefficient (Wildman–Crippen LogP) is 6.19. The lowest BCUT2D eigenvalue weighted by Crippen LogP contribution is -2.31. The minimum Gasteiger partial charge on any atom is -0.507 e. The van der Waals surface area contributed by atoms with E-state index in [1.54, 1.807) is 12.1 Å². The zero-order valence-electron chi connectivity index (χ0n) is 22.1. The fourth-order valence-corrected chi connectivity index (χ4v) is 4.79. The predicted molar refractivity (Wildman–Crippen MR) is 143 cm³/mol. The number of aryl methyl sites for hydroxylation is 1. The lowest BCUT2D eigenvalue weighted by Gasteiger charge is -2.27. The molecule has 0 bridgehead atoms. The van der Waals surface area contributed by atoms with Crippen LogP contribution in [-0.2, 0) is 19.7 Å².